The maximum absolute atomic E-state index is 13.5. The summed E-state index contributed by atoms with van der Waals surface area (Å²) in [5.41, 5.74) is -1.39. The molecule has 1 aliphatic rings. The SMILES string of the molecule is O=C(NCC1CC1)c1ccc(-c2ccc(C(=O)c3cc(F)ccc3C(F)(F)F)nc2)nn1. The van der Waals surface area contributed by atoms with Crippen LogP contribution in [0, 0.1) is 11.7 Å². The summed E-state index contributed by atoms with van der Waals surface area (Å²) in [7, 11) is 0. The number of pyridine rings is 1. The van der Waals surface area contributed by atoms with Crippen molar-refractivity contribution < 1.29 is 27.2 Å². The molecule has 4 rings (SSSR count). The van der Waals surface area contributed by atoms with Crippen LogP contribution in [0.3, 0.4) is 0 Å². The van der Waals surface area contributed by atoms with Crippen LogP contribution >= 0.6 is 0 Å². The summed E-state index contributed by atoms with van der Waals surface area (Å²) in [6, 6.07) is 7.40. The van der Waals surface area contributed by atoms with Gasteiger partial charge in [0.1, 0.15) is 11.5 Å². The normalized spacial score (nSPS) is 13.6. The van der Waals surface area contributed by atoms with E-state index in [1.165, 1.54) is 24.4 Å². The fraction of sp³-hybridized carbons (Fsp3) is 0.227. The Morgan fingerprint density at radius 2 is 1.75 bits per heavy atom. The lowest BCUT2D eigenvalue weighted by molar-refractivity contribution is -0.137. The molecule has 1 aromatic carbocycles. The van der Waals surface area contributed by atoms with Crippen LogP contribution in [0.4, 0.5) is 17.6 Å². The molecule has 6 nitrogen and oxygen atoms in total. The zero-order valence-corrected chi connectivity index (χ0v) is 16.5. The predicted octanol–water partition coefficient (Wildman–Crippen LogP) is 4.07. The van der Waals surface area contributed by atoms with Crippen molar-refractivity contribution in [1.29, 1.82) is 0 Å². The van der Waals surface area contributed by atoms with Crippen LogP contribution in [0.2, 0.25) is 0 Å². The smallest absolute Gasteiger partial charge is 0.350 e. The zero-order valence-electron chi connectivity index (χ0n) is 16.5. The second kappa shape index (κ2) is 8.45. The van der Waals surface area contributed by atoms with E-state index in [-0.39, 0.29) is 17.3 Å². The molecule has 1 aliphatic carbocycles. The molecule has 0 spiro atoms. The number of hydrogen-bond donors (Lipinski definition) is 1. The molecule has 1 amide bonds. The van der Waals surface area contributed by atoms with Crippen LogP contribution in [0.15, 0.2) is 48.7 Å². The van der Waals surface area contributed by atoms with Crippen LogP contribution in [0.1, 0.15) is 44.9 Å². The Morgan fingerprint density at radius 3 is 2.34 bits per heavy atom. The van der Waals surface area contributed by atoms with Gasteiger partial charge in [0.05, 0.1) is 11.3 Å². The Hall–Kier alpha value is -3.69. The van der Waals surface area contributed by atoms with Crippen molar-refractivity contribution in [3.05, 3.63) is 77.0 Å². The summed E-state index contributed by atoms with van der Waals surface area (Å²) < 4.78 is 53.0. The molecule has 0 aliphatic heterocycles. The van der Waals surface area contributed by atoms with Crippen molar-refractivity contribution in [1.82, 2.24) is 20.5 Å². The van der Waals surface area contributed by atoms with Gasteiger partial charge in [-0.2, -0.15) is 13.2 Å². The van der Waals surface area contributed by atoms with E-state index in [4.69, 9.17) is 0 Å². The lowest BCUT2D eigenvalue weighted by Gasteiger charge is -2.12. The number of nitrogens with one attached hydrogen (secondary N) is 1. The molecular formula is C22H16F4N4O2. The Balaban J connectivity index is 1.51. The summed E-state index contributed by atoms with van der Waals surface area (Å²) in [5.74, 6) is -1.82. The van der Waals surface area contributed by atoms with Crippen molar-refractivity contribution in [2.24, 2.45) is 5.92 Å². The van der Waals surface area contributed by atoms with E-state index >= 15 is 0 Å². The van der Waals surface area contributed by atoms with E-state index in [1.54, 1.807) is 6.07 Å². The first kappa shape index (κ1) is 21.5. The third-order valence-corrected chi connectivity index (χ3v) is 4.97. The second-order valence-corrected chi connectivity index (χ2v) is 7.41. The number of ketones is 1. The molecule has 1 N–H and O–H groups in total. The van der Waals surface area contributed by atoms with Crippen LogP contribution in [-0.4, -0.2) is 33.4 Å². The number of rotatable bonds is 6. The number of halogens is 4. The van der Waals surface area contributed by atoms with E-state index < -0.39 is 28.9 Å². The van der Waals surface area contributed by atoms with E-state index in [2.05, 4.69) is 20.5 Å². The van der Waals surface area contributed by atoms with Crippen molar-refractivity contribution in [3.8, 4) is 11.3 Å². The predicted molar refractivity (Wildman–Crippen MR) is 105 cm³/mol. The average molecular weight is 444 g/mol. The van der Waals surface area contributed by atoms with Gasteiger partial charge in [-0.1, -0.05) is 0 Å². The third-order valence-electron chi connectivity index (χ3n) is 4.97. The topological polar surface area (TPSA) is 84.8 Å². The summed E-state index contributed by atoms with van der Waals surface area (Å²) in [5, 5.41) is 10.6. The van der Waals surface area contributed by atoms with Gasteiger partial charge in [0.2, 0.25) is 5.78 Å². The third kappa shape index (κ3) is 4.79. The van der Waals surface area contributed by atoms with E-state index in [1.807, 2.05) is 0 Å². The molecule has 2 aromatic heterocycles. The van der Waals surface area contributed by atoms with Gasteiger partial charge in [0.15, 0.2) is 5.69 Å². The minimum atomic E-state index is -4.82. The van der Waals surface area contributed by atoms with Crippen LogP contribution in [0.5, 0.6) is 0 Å². The average Bonchev–Trinajstić information content (AvgIpc) is 3.61. The monoisotopic (exact) mass is 444 g/mol. The number of amides is 1. The summed E-state index contributed by atoms with van der Waals surface area (Å²) in [6.45, 7) is 0.600. The Labute approximate surface area is 179 Å². The summed E-state index contributed by atoms with van der Waals surface area (Å²) in [4.78, 5) is 28.5. The molecule has 0 bridgehead atoms. The molecule has 164 valence electrons. The highest BCUT2D eigenvalue weighted by Gasteiger charge is 2.35. The number of nitrogens with zero attached hydrogens (tertiary/aromatic N) is 3. The highest BCUT2D eigenvalue weighted by atomic mass is 19.4. The number of benzene rings is 1. The Kier molecular flexibility index (Phi) is 5.68. The highest BCUT2D eigenvalue weighted by molar-refractivity contribution is 6.08. The fourth-order valence-electron chi connectivity index (χ4n) is 3.03. The molecule has 0 unspecified atom stereocenters. The number of carbonyl (C=O) groups is 2. The lowest BCUT2D eigenvalue weighted by Crippen LogP contribution is -2.26. The number of aromatic nitrogens is 3. The number of carbonyl (C=O) groups excluding carboxylic acids is 2. The lowest BCUT2D eigenvalue weighted by atomic mass is 10.00. The van der Waals surface area contributed by atoms with Crippen LogP contribution in [0.25, 0.3) is 11.3 Å². The van der Waals surface area contributed by atoms with Crippen LogP contribution in [-0.2, 0) is 6.18 Å². The van der Waals surface area contributed by atoms with Crippen molar-refractivity contribution in [2.75, 3.05) is 6.54 Å². The van der Waals surface area contributed by atoms with Crippen molar-refractivity contribution in [3.63, 3.8) is 0 Å². The summed E-state index contributed by atoms with van der Waals surface area (Å²) in [6.07, 6.45) is -1.36. The van der Waals surface area contributed by atoms with Gasteiger partial charge >= 0.3 is 6.18 Å². The number of alkyl halides is 3. The quantitative estimate of drug-likeness (QED) is 0.458. The minimum absolute atomic E-state index is 0.153. The van der Waals surface area contributed by atoms with Gasteiger partial charge in [0, 0.05) is 23.9 Å². The molecule has 0 radical (unpaired) electrons. The van der Waals surface area contributed by atoms with Gasteiger partial charge in [-0.05, 0) is 61.2 Å². The summed E-state index contributed by atoms with van der Waals surface area (Å²) >= 11 is 0. The molecule has 32 heavy (non-hydrogen) atoms. The standard InChI is InChI=1S/C22H16F4N4O2/c23-14-4-5-16(22(24,25)26)15(9-14)20(31)18-6-3-13(11-27-18)17-7-8-19(30-29-17)21(32)28-10-12-1-2-12/h3-9,11-12H,1-2,10H2,(H,28,32). The first-order valence-corrected chi connectivity index (χ1v) is 9.72. The van der Waals surface area contributed by atoms with Crippen molar-refractivity contribution >= 4 is 11.7 Å². The molecule has 1 saturated carbocycles. The second-order valence-electron chi connectivity index (χ2n) is 7.41. The van der Waals surface area contributed by atoms with Crippen LogP contribution < -0.4 is 5.32 Å². The molecule has 10 heteroatoms. The Morgan fingerprint density at radius 1 is 1.00 bits per heavy atom. The van der Waals surface area contributed by atoms with Gasteiger partial charge in [-0.15, -0.1) is 10.2 Å². The van der Waals surface area contributed by atoms with Gasteiger partial charge in [-0.3, -0.25) is 14.6 Å². The number of hydrogen-bond acceptors (Lipinski definition) is 5. The maximum Gasteiger partial charge on any atom is 0.417 e. The molecular weight excluding hydrogens is 428 g/mol. The maximum atomic E-state index is 13.5. The molecule has 0 saturated heterocycles. The van der Waals surface area contributed by atoms with E-state index in [9.17, 15) is 27.2 Å². The first-order chi connectivity index (χ1) is 15.2. The van der Waals surface area contributed by atoms with Gasteiger partial charge in [0.25, 0.3) is 5.91 Å². The molecule has 3 aromatic rings. The zero-order chi connectivity index (χ0) is 22.9. The largest absolute Gasteiger partial charge is 0.417 e. The molecule has 0 atom stereocenters. The molecule has 2 heterocycles. The highest BCUT2D eigenvalue weighted by Crippen LogP contribution is 2.33. The van der Waals surface area contributed by atoms with E-state index in [0.29, 0.717) is 41.9 Å². The van der Waals surface area contributed by atoms with Gasteiger partial charge < -0.3 is 5.32 Å². The minimum Gasteiger partial charge on any atom is -0.350 e. The van der Waals surface area contributed by atoms with Crippen molar-refractivity contribution in [2.45, 2.75) is 19.0 Å². The van der Waals surface area contributed by atoms with Gasteiger partial charge in [-0.25, -0.2) is 4.39 Å². The fourth-order valence-corrected chi connectivity index (χ4v) is 3.03. The van der Waals surface area contributed by atoms with E-state index in [0.717, 1.165) is 12.8 Å². The first-order valence-electron chi connectivity index (χ1n) is 9.72. The Bertz CT molecular complexity index is 1160. The molecule has 1 fully saturated rings.